The van der Waals surface area contributed by atoms with E-state index in [1.165, 1.54) is 0 Å². The van der Waals surface area contributed by atoms with Crippen LogP contribution in [0, 0.1) is 0 Å². The molecule has 112 valence electrons. The standard InChI is InChI=1S/C13H27N2O2PS/c1-3-4-10-15-18(14,19)11-6-9-13(17)8-5-7-12(2)16/h3-11H2,1-2H3,(H3,14,15,19). The summed E-state index contributed by atoms with van der Waals surface area (Å²) in [5.41, 5.74) is 6.04. The van der Waals surface area contributed by atoms with Gasteiger partial charge in [-0.2, -0.15) is 0 Å². The molecule has 19 heavy (non-hydrogen) atoms. The average Bonchev–Trinajstić information content (AvgIpc) is 2.28. The lowest BCUT2D eigenvalue weighted by Gasteiger charge is -2.17. The van der Waals surface area contributed by atoms with Crippen molar-refractivity contribution in [2.45, 2.75) is 58.8 Å². The summed E-state index contributed by atoms with van der Waals surface area (Å²) in [7, 11) is 0. The summed E-state index contributed by atoms with van der Waals surface area (Å²) in [4.78, 5) is 22.3. The molecule has 0 bridgehead atoms. The van der Waals surface area contributed by atoms with Crippen LogP contribution in [0.5, 0.6) is 0 Å². The number of ketones is 2. The molecule has 0 aliphatic carbocycles. The summed E-state index contributed by atoms with van der Waals surface area (Å²) in [6.07, 6.45) is 3.94. The van der Waals surface area contributed by atoms with Crippen molar-refractivity contribution >= 4 is 29.7 Å². The number of carbonyl (C=O) groups excluding carboxylic acids is 2. The molecule has 0 rings (SSSR count). The van der Waals surface area contributed by atoms with Crippen LogP contribution < -0.4 is 10.6 Å². The van der Waals surface area contributed by atoms with Crippen molar-refractivity contribution in [2.75, 3.05) is 12.7 Å². The molecule has 0 radical (unpaired) electrons. The Balaban J connectivity index is 3.67. The second-order valence-electron chi connectivity index (χ2n) is 4.98. The number of hydrogen-bond acceptors (Lipinski definition) is 3. The molecule has 0 aliphatic heterocycles. The number of hydrogen-bond donors (Lipinski definition) is 2. The maximum Gasteiger partial charge on any atom is 0.132 e. The van der Waals surface area contributed by atoms with Crippen molar-refractivity contribution in [1.82, 2.24) is 5.09 Å². The SMILES string of the molecule is CCCCNP(N)(=S)CCCC(=O)CCCC(C)=O. The number of Topliss-reactive ketones (excluding diaryl/α,β-unsaturated/α-hetero) is 2. The van der Waals surface area contributed by atoms with Crippen LogP contribution in [0.15, 0.2) is 0 Å². The second-order valence-corrected chi connectivity index (χ2v) is 9.29. The molecular formula is C13H27N2O2PS. The fourth-order valence-electron chi connectivity index (χ4n) is 1.69. The number of nitrogens with two attached hydrogens (primary N) is 1. The van der Waals surface area contributed by atoms with Gasteiger partial charge in [-0.15, -0.1) is 0 Å². The van der Waals surface area contributed by atoms with Gasteiger partial charge in [0.1, 0.15) is 11.6 Å². The van der Waals surface area contributed by atoms with E-state index in [0.717, 1.165) is 32.0 Å². The highest BCUT2D eigenvalue weighted by molar-refractivity contribution is 8.12. The van der Waals surface area contributed by atoms with Crippen molar-refractivity contribution in [3.05, 3.63) is 0 Å². The number of nitrogens with one attached hydrogen (secondary N) is 1. The van der Waals surface area contributed by atoms with Crippen molar-refractivity contribution in [2.24, 2.45) is 5.50 Å². The molecule has 0 amide bonds. The van der Waals surface area contributed by atoms with Crippen LogP contribution in [0.4, 0.5) is 0 Å². The Morgan fingerprint density at radius 2 is 1.79 bits per heavy atom. The van der Waals surface area contributed by atoms with E-state index in [1.807, 2.05) is 0 Å². The molecule has 0 aromatic carbocycles. The van der Waals surface area contributed by atoms with Crippen LogP contribution in [-0.2, 0) is 21.4 Å². The minimum absolute atomic E-state index is 0.144. The number of rotatable bonds is 12. The molecule has 0 saturated heterocycles. The molecule has 0 aromatic rings. The molecule has 3 N–H and O–H groups in total. The monoisotopic (exact) mass is 306 g/mol. The summed E-state index contributed by atoms with van der Waals surface area (Å²) < 4.78 is 0. The Labute approximate surface area is 122 Å². The van der Waals surface area contributed by atoms with Crippen LogP contribution in [0.3, 0.4) is 0 Å². The van der Waals surface area contributed by atoms with Crippen molar-refractivity contribution < 1.29 is 9.59 Å². The molecule has 0 fully saturated rings. The van der Waals surface area contributed by atoms with Gasteiger partial charge in [-0.25, -0.2) is 0 Å². The Morgan fingerprint density at radius 1 is 1.16 bits per heavy atom. The third kappa shape index (κ3) is 12.7. The topological polar surface area (TPSA) is 72.2 Å². The van der Waals surface area contributed by atoms with Gasteiger partial charge < -0.3 is 4.79 Å². The Kier molecular flexibility index (Phi) is 10.6. The lowest BCUT2D eigenvalue weighted by molar-refractivity contribution is -0.119. The summed E-state index contributed by atoms with van der Waals surface area (Å²) in [5, 5.41) is 3.24. The largest absolute Gasteiger partial charge is 0.300 e. The van der Waals surface area contributed by atoms with E-state index in [2.05, 4.69) is 12.0 Å². The summed E-state index contributed by atoms with van der Waals surface area (Å²) in [6, 6.07) is 0. The molecule has 0 heterocycles. The van der Waals surface area contributed by atoms with Gasteiger partial charge in [-0.05, 0) is 26.2 Å². The lowest BCUT2D eigenvalue weighted by Crippen LogP contribution is -2.20. The van der Waals surface area contributed by atoms with Gasteiger partial charge in [0.15, 0.2) is 0 Å². The van der Waals surface area contributed by atoms with Crippen LogP contribution in [0.2, 0.25) is 0 Å². The minimum atomic E-state index is -1.94. The fraction of sp³-hybridized carbons (Fsp3) is 0.846. The highest BCUT2D eigenvalue weighted by Gasteiger charge is 2.11. The smallest absolute Gasteiger partial charge is 0.132 e. The first kappa shape index (κ1) is 18.9. The number of unbranched alkanes of at least 4 members (excludes halogenated alkanes) is 1. The van der Waals surface area contributed by atoms with E-state index < -0.39 is 6.34 Å². The van der Waals surface area contributed by atoms with E-state index in [1.54, 1.807) is 6.92 Å². The second kappa shape index (κ2) is 10.7. The molecule has 4 nitrogen and oxygen atoms in total. The molecular weight excluding hydrogens is 279 g/mol. The third-order valence-electron chi connectivity index (χ3n) is 2.84. The van der Waals surface area contributed by atoms with Crippen molar-refractivity contribution in [3.8, 4) is 0 Å². The molecule has 0 aromatic heterocycles. The predicted molar refractivity (Wildman–Crippen MR) is 85.0 cm³/mol. The van der Waals surface area contributed by atoms with E-state index in [4.69, 9.17) is 17.3 Å². The Bertz CT molecular complexity index is 335. The summed E-state index contributed by atoms with van der Waals surface area (Å²) in [5.74, 6) is 0.357. The fourth-order valence-corrected chi connectivity index (χ4v) is 3.68. The van der Waals surface area contributed by atoms with Gasteiger partial charge in [0.2, 0.25) is 0 Å². The van der Waals surface area contributed by atoms with E-state index in [-0.39, 0.29) is 11.6 Å². The first-order chi connectivity index (χ1) is 8.87. The first-order valence-electron chi connectivity index (χ1n) is 7.01. The highest BCUT2D eigenvalue weighted by atomic mass is 32.4. The molecule has 1 atom stereocenters. The molecule has 0 saturated carbocycles. The molecule has 1 unspecified atom stereocenters. The minimum Gasteiger partial charge on any atom is -0.300 e. The molecule has 6 heteroatoms. The molecule has 0 spiro atoms. The van der Waals surface area contributed by atoms with Crippen LogP contribution in [0.1, 0.15) is 58.8 Å². The summed E-state index contributed by atoms with van der Waals surface area (Å²) >= 11 is 5.35. The van der Waals surface area contributed by atoms with Gasteiger partial charge in [0.25, 0.3) is 0 Å². The first-order valence-corrected chi connectivity index (χ1v) is 10.1. The van der Waals surface area contributed by atoms with E-state index in [9.17, 15) is 9.59 Å². The number of carbonyl (C=O) groups is 2. The van der Waals surface area contributed by atoms with Crippen LogP contribution in [0.25, 0.3) is 0 Å². The lowest BCUT2D eigenvalue weighted by atomic mass is 10.1. The Morgan fingerprint density at radius 3 is 2.37 bits per heavy atom. The van der Waals surface area contributed by atoms with E-state index in [0.29, 0.717) is 25.7 Å². The van der Waals surface area contributed by atoms with Gasteiger partial charge in [-0.1, -0.05) is 25.2 Å². The van der Waals surface area contributed by atoms with Crippen molar-refractivity contribution in [1.29, 1.82) is 0 Å². The Hall–Kier alpha value is -0.0900. The van der Waals surface area contributed by atoms with Crippen LogP contribution in [-0.4, -0.2) is 24.3 Å². The normalized spacial score (nSPS) is 14.1. The van der Waals surface area contributed by atoms with Gasteiger partial charge in [-0.3, -0.25) is 15.4 Å². The van der Waals surface area contributed by atoms with E-state index >= 15 is 0 Å². The maximum atomic E-state index is 11.6. The average molecular weight is 306 g/mol. The zero-order chi connectivity index (χ0) is 14.7. The maximum absolute atomic E-state index is 11.6. The quantitative estimate of drug-likeness (QED) is 0.428. The highest BCUT2D eigenvalue weighted by Crippen LogP contribution is 2.32. The van der Waals surface area contributed by atoms with Crippen LogP contribution >= 0.6 is 6.34 Å². The third-order valence-corrected chi connectivity index (χ3v) is 5.51. The van der Waals surface area contributed by atoms with Gasteiger partial charge >= 0.3 is 0 Å². The zero-order valence-corrected chi connectivity index (χ0v) is 13.8. The zero-order valence-electron chi connectivity index (χ0n) is 12.1. The summed E-state index contributed by atoms with van der Waals surface area (Å²) in [6.45, 7) is 4.55. The predicted octanol–water partition coefficient (Wildman–Crippen LogP) is 2.75. The van der Waals surface area contributed by atoms with Crippen molar-refractivity contribution in [3.63, 3.8) is 0 Å². The van der Waals surface area contributed by atoms with Gasteiger partial charge in [0.05, 0.1) is 6.34 Å². The molecule has 0 aliphatic rings. The van der Waals surface area contributed by atoms with Gasteiger partial charge in [0, 0.05) is 32.0 Å².